The first-order valence-electron chi connectivity index (χ1n) is 5.71. The molecule has 15 heavy (non-hydrogen) atoms. The Morgan fingerprint density at radius 1 is 1.20 bits per heavy atom. The zero-order valence-electron chi connectivity index (χ0n) is 8.75. The van der Waals surface area contributed by atoms with E-state index < -0.39 is 0 Å². The van der Waals surface area contributed by atoms with E-state index in [0.717, 1.165) is 12.6 Å². The van der Waals surface area contributed by atoms with Crippen LogP contribution in [0.15, 0.2) is 18.3 Å². The minimum Gasteiger partial charge on any atom is -0.372 e. The number of rotatable bonds is 2. The molecule has 2 nitrogen and oxygen atoms in total. The summed E-state index contributed by atoms with van der Waals surface area (Å²) in [7, 11) is 0. The molecule has 1 saturated carbocycles. The van der Waals surface area contributed by atoms with Gasteiger partial charge in [-0.2, -0.15) is 0 Å². The highest BCUT2D eigenvalue weighted by atomic mass is 32.1. The molecule has 3 heteroatoms. The molecule has 2 aliphatic rings. The molecule has 0 spiro atoms. The zero-order valence-corrected chi connectivity index (χ0v) is 9.57. The predicted octanol–water partition coefficient (Wildman–Crippen LogP) is 2.85. The summed E-state index contributed by atoms with van der Waals surface area (Å²) >= 11 is 1.96. The van der Waals surface area contributed by atoms with Crippen molar-refractivity contribution in [2.45, 2.75) is 31.6 Å². The Hall–Kier alpha value is -0.960. The Balaban J connectivity index is 1.80. The highest BCUT2D eigenvalue weighted by Gasteiger charge is 2.19. The summed E-state index contributed by atoms with van der Waals surface area (Å²) in [6.07, 6.45) is 7.69. The van der Waals surface area contributed by atoms with E-state index in [1.165, 1.54) is 36.3 Å². The summed E-state index contributed by atoms with van der Waals surface area (Å²) in [4.78, 5) is 2.96. The van der Waals surface area contributed by atoms with Gasteiger partial charge in [0.05, 0.1) is 17.2 Å². The van der Waals surface area contributed by atoms with Gasteiger partial charge in [0.1, 0.15) is 0 Å². The molecule has 1 aromatic heterocycles. The Morgan fingerprint density at radius 3 is 2.80 bits per heavy atom. The molecule has 1 fully saturated rings. The Kier molecular flexibility index (Phi) is 2.41. The van der Waals surface area contributed by atoms with Crippen molar-refractivity contribution in [1.82, 2.24) is 10.6 Å². The standard InChI is InChI=1S/C12H16N2S/c1-2-4-9(3-1)11-5-6-12(15-11)10-7-13-8-14-10/h5-7,9,13-14H,1-4,8H2. The van der Waals surface area contributed by atoms with Crippen molar-refractivity contribution in [2.24, 2.45) is 0 Å². The van der Waals surface area contributed by atoms with Crippen molar-refractivity contribution in [2.75, 3.05) is 6.67 Å². The van der Waals surface area contributed by atoms with Crippen molar-refractivity contribution in [3.8, 4) is 0 Å². The van der Waals surface area contributed by atoms with Crippen molar-refractivity contribution in [1.29, 1.82) is 0 Å². The van der Waals surface area contributed by atoms with Crippen LogP contribution in [0.2, 0.25) is 0 Å². The second-order valence-electron chi connectivity index (χ2n) is 4.30. The van der Waals surface area contributed by atoms with E-state index in [1.54, 1.807) is 4.88 Å². The fourth-order valence-corrected chi connectivity index (χ4v) is 3.61. The van der Waals surface area contributed by atoms with Gasteiger partial charge < -0.3 is 10.6 Å². The Bertz CT molecular complexity index is 375. The van der Waals surface area contributed by atoms with Crippen LogP contribution in [0.1, 0.15) is 41.4 Å². The van der Waals surface area contributed by atoms with E-state index in [9.17, 15) is 0 Å². The molecule has 0 amide bonds. The van der Waals surface area contributed by atoms with Crippen LogP contribution in [-0.4, -0.2) is 6.67 Å². The third kappa shape index (κ3) is 1.76. The van der Waals surface area contributed by atoms with Gasteiger partial charge in [-0.3, -0.25) is 0 Å². The topological polar surface area (TPSA) is 24.1 Å². The summed E-state index contributed by atoms with van der Waals surface area (Å²) in [5.74, 6) is 0.846. The van der Waals surface area contributed by atoms with Gasteiger partial charge in [0.15, 0.2) is 0 Å². The number of thiophene rings is 1. The quantitative estimate of drug-likeness (QED) is 0.801. The summed E-state index contributed by atoms with van der Waals surface area (Å²) in [5.41, 5.74) is 1.25. The molecule has 0 radical (unpaired) electrons. The van der Waals surface area contributed by atoms with E-state index in [4.69, 9.17) is 0 Å². The zero-order chi connectivity index (χ0) is 10.1. The fourth-order valence-electron chi connectivity index (χ4n) is 2.44. The van der Waals surface area contributed by atoms with Crippen LogP contribution in [0.5, 0.6) is 0 Å². The molecule has 0 aromatic carbocycles. The lowest BCUT2D eigenvalue weighted by Crippen LogP contribution is -2.13. The highest BCUT2D eigenvalue weighted by molar-refractivity contribution is 7.13. The van der Waals surface area contributed by atoms with Crippen LogP contribution in [0.3, 0.4) is 0 Å². The van der Waals surface area contributed by atoms with Crippen LogP contribution in [0, 0.1) is 0 Å². The maximum Gasteiger partial charge on any atom is 0.0846 e. The smallest absolute Gasteiger partial charge is 0.0846 e. The third-order valence-corrected chi connectivity index (χ3v) is 4.56. The minimum atomic E-state index is 0.846. The van der Waals surface area contributed by atoms with Crippen LogP contribution in [0.4, 0.5) is 0 Å². The monoisotopic (exact) mass is 220 g/mol. The van der Waals surface area contributed by atoms with Crippen LogP contribution in [0.25, 0.3) is 5.70 Å². The van der Waals surface area contributed by atoms with Crippen molar-refractivity contribution in [3.05, 3.63) is 28.1 Å². The molecule has 1 aliphatic heterocycles. The average Bonchev–Trinajstić information content (AvgIpc) is 3.02. The summed E-state index contributed by atoms with van der Waals surface area (Å²) in [6.45, 7) is 0.867. The molecule has 2 N–H and O–H groups in total. The molecule has 1 aliphatic carbocycles. The van der Waals surface area contributed by atoms with Crippen molar-refractivity contribution >= 4 is 17.0 Å². The lowest BCUT2D eigenvalue weighted by Gasteiger charge is -2.04. The second-order valence-corrected chi connectivity index (χ2v) is 5.41. The molecular weight excluding hydrogens is 204 g/mol. The maximum atomic E-state index is 3.34. The molecular formula is C12H16N2S. The lowest BCUT2D eigenvalue weighted by molar-refractivity contribution is 0.738. The largest absolute Gasteiger partial charge is 0.372 e. The van der Waals surface area contributed by atoms with E-state index >= 15 is 0 Å². The summed E-state index contributed by atoms with van der Waals surface area (Å²) in [5, 5.41) is 6.52. The summed E-state index contributed by atoms with van der Waals surface area (Å²) < 4.78 is 0. The first-order chi connectivity index (χ1) is 7.43. The minimum absolute atomic E-state index is 0.846. The van der Waals surface area contributed by atoms with Gasteiger partial charge in [-0.05, 0) is 30.9 Å². The second kappa shape index (κ2) is 3.89. The average molecular weight is 220 g/mol. The SMILES string of the molecule is C1=C(c2ccc(C3CCCC3)s2)NCN1. The van der Waals surface area contributed by atoms with E-state index in [-0.39, 0.29) is 0 Å². The van der Waals surface area contributed by atoms with Gasteiger partial charge in [-0.25, -0.2) is 0 Å². The number of nitrogens with one attached hydrogen (secondary N) is 2. The Labute approximate surface area is 94.4 Å². The van der Waals surface area contributed by atoms with Gasteiger partial charge in [-0.15, -0.1) is 11.3 Å². The first kappa shape index (κ1) is 9.28. The van der Waals surface area contributed by atoms with Gasteiger partial charge in [0.2, 0.25) is 0 Å². The predicted molar refractivity (Wildman–Crippen MR) is 64.6 cm³/mol. The van der Waals surface area contributed by atoms with Crippen molar-refractivity contribution < 1.29 is 0 Å². The van der Waals surface area contributed by atoms with Crippen LogP contribution in [-0.2, 0) is 0 Å². The molecule has 2 heterocycles. The third-order valence-electron chi connectivity index (χ3n) is 3.28. The maximum absolute atomic E-state index is 3.34. The molecule has 0 atom stereocenters. The van der Waals surface area contributed by atoms with Crippen molar-refractivity contribution in [3.63, 3.8) is 0 Å². The molecule has 1 aromatic rings. The lowest BCUT2D eigenvalue weighted by atomic mass is 10.1. The van der Waals surface area contributed by atoms with Gasteiger partial charge >= 0.3 is 0 Å². The normalized spacial score (nSPS) is 21.2. The molecule has 0 unspecified atom stereocenters. The number of hydrogen-bond acceptors (Lipinski definition) is 3. The molecule has 0 saturated heterocycles. The van der Waals surface area contributed by atoms with Gasteiger partial charge in [0.25, 0.3) is 0 Å². The molecule has 80 valence electrons. The Morgan fingerprint density at radius 2 is 2.07 bits per heavy atom. The van der Waals surface area contributed by atoms with Crippen LogP contribution >= 0.6 is 11.3 Å². The van der Waals surface area contributed by atoms with Gasteiger partial charge in [-0.1, -0.05) is 12.8 Å². The number of hydrogen-bond donors (Lipinski definition) is 2. The van der Waals surface area contributed by atoms with E-state index in [0.29, 0.717) is 0 Å². The van der Waals surface area contributed by atoms with Crippen LogP contribution < -0.4 is 10.6 Å². The van der Waals surface area contributed by atoms with E-state index in [2.05, 4.69) is 29.0 Å². The molecule has 0 bridgehead atoms. The fraction of sp³-hybridized carbons (Fsp3) is 0.500. The molecule has 3 rings (SSSR count). The van der Waals surface area contributed by atoms with Gasteiger partial charge in [0, 0.05) is 11.1 Å². The first-order valence-corrected chi connectivity index (χ1v) is 6.53. The summed E-state index contributed by atoms with van der Waals surface area (Å²) in [6, 6.07) is 4.57. The van der Waals surface area contributed by atoms with E-state index in [1.807, 2.05) is 11.3 Å². The highest BCUT2D eigenvalue weighted by Crippen LogP contribution is 2.38.